The van der Waals surface area contributed by atoms with Crippen molar-refractivity contribution in [2.75, 3.05) is 24.2 Å². The Kier molecular flexibility index (Phi) is 9.79. The summed E-state index contributed by atoms with van der Waals surface area (Å²) in [7, 11) is -2.50. The van der Waals surface area contributed by atoms with E-state index in [-0.39, 0.29) is 23.9 Å². The monoisotopic (exact) mass is 537 g/mol. The Morgan fingerprint density at radius 1 is 1.14 bits per heavy atom. The molecule has 2 aromatic carbocycles. The van der Waals surface area contributed by atoms with Gasteiger partial charge in [0.05, 0.1) is 19.1 Å². The molecule has 1 N–H and O–H groups in total. The average Bonchev–Trinajstić information content (AvgIpc) is 2.75. The first-order valence-corrected chi connectivity index (χ1v) is 13.9. The van der Waals surface area contributed by atoms with Crippen molar-refractivity contribution in [3.63, 3.8) is 0 Å². The number of sulfonamides is 1. The fraction of sp³-hybridized carbons (Fsp3) is 0.462. The lowest BCUT2D eigenvalue weighted by molar-refractivity contribution is -0.141. The molecule has 0 aliphatic carbocycles. The molecule has 0 heterocycles. The molecule has 0 saturated heterocycles. The summed E-state index contributed by atoms with van der Waals surface area (Å²) in [6.45, 7) is 8.96. The third kappa shape index (κ3) is 8.13. The Balaban J connectivity index is 2.53. The molecular weight excluding hydrogens is 502 g/mol. The molecule has 0 spiro atoms. The Hall–Kier alpha value is -2.78. The first kappa shape index (κ1) is 29.5. The Labute approximate surface area is 219 Å². The van der Waals surface area contributed by atoms with Crippen molar-refractivity contribution in [2.45, 2.75) is 59.2 Å². The van der Waals surface area contributed by atoms with E-state index in [4.69, 9.17) is 16.3 Å². The minimum atomic E-state index is -3.91. The van der Waals surface area contributed by atoms with Crippen molar-refractivity contribution >= 4 is 39.1 Å². The molecule has 0 aliphatic heterocycles. The van der Waals surface area contributed by atoms with Gasteiger partial charge in [0.2, 0.25) is 21.8 Å². The first-order valence-electron chi connectivity index (χ1n) is 11.6. The van der Waals surface area contributed by atoms with E-state index >= 15 is 0 Å². The number of nitrogens with one attached hydrogen (secondary N) is 1. The van der Waals surface area contributed by atoms with Crippen molar-refractivity contribution in [3.8, 4) is 5.75 Å². The molecule has 36 heavy (non-hydrogen) atoms. The number of hydrogen-bond donors (Lipinski definition) is 1. The zero-order valence-electron chi connectivity index (χ0n) is 22.0. The van der Waals surface area contributed by atoms with Crippen LogP contribution in [-0.2, 0) is 26.2 Å². The highest BCUT2D eigenvalue weighted by atomic mass is 35.5. The van der Waals surface area contributed by atoms with E-state index < -0.39 is 34.1 Å². The highest BCUT2D eigenvalue weighted by Gasteiger charge is 2.33. The number of amides is 2. The predicted octanol–water partition coefficient (Wildman–Crippen LogP) is 4.15. The lowest BCUT2D eigenvalue weighted by Crippen LogP contribution is -2.55. The molecule has 1 atom stereocenters. The van der Waals surface area contributed by atoms with Crippen LogP contribution in [0.1, 0.15) is 45.2 Å². The summed E-state index contributed by atoms with van der Waals surface area (Å²) < 4.78 is 31.9. The van der Waals surface area contributed by atoms with Crippen LogP contribution in [0.15, 0.2) is 42.5 Å². The molecule has 2 rings (SSSR count). The van der Waals surface area contributed by atoms with Crippen LogP contribution in [0.5, 0.6) is 5.75 Å². The van der Waals surface area contributed by atoms with Gasteiger partial charge < -0.3 is 15.0 Å². The maximum atomic E-state index is 13.8. The summed E-state index contributed by atoms with van der Waals surface area (Å²) in [6, 6.07) is 11.4. The number of anilines is 1. The summed E-state index contributed by atoms with van der Waals surface area (Å²) in [5.74, 6) is -0.586. The molecule has 0 radical (unpaired) electrons. The Morgan fingerprint density at radius 2 is 1.81 bits per heavy atom. The Morgan fingerprint density at radius 3 is 2.33 bits per heavy atom. The number of methoxy groups -OCH3 is 1. The van der Waals surface area contributed by atoms with Crippen molar-refractivity contribution in [1.82, 2.24) is 10.2 Å². The molecule has 0 unspecified atom stereocenters. The van der Waals surface area contributed by atoms with Crippen LogP contribution in [0.3, 0.4) is 0 Å². The standard InChI is InChI=1S/C26H36ClN3O5S/c1-8-21(25(32)28-26(3,4)5)29(16-19-11-9-10-18(2)14-19)24(31)17-30(36(7,33)34)22-15-20(27)12-13-23(22)35-6/h9-15,21H,8,16-17H2,1-7H3,(H,28,32)/t21-/m0/s1. The maximum Gasteiger partial charge on any atom is 0.244 e. The minimum absolute atomic E-state index is 0.140. The highest BCUT2D eigenvalue weighted by molar-refractivity contribution is 7.92. The molecule has 2 aromatic rings. The van der Waals surface area contributed by atoms with Gasteiger partial charge in [0.15, 0.2) is 0 Å². The minimum Gasteiger partial charge on any atom is -0.495 e. The van der Waals surface area contributed by atoms with Gasteiger partial charge in [-0.15, -0.1) is 0 Å². The van der Waals surface area contributed by atoms with Gasteiger partial charge in [-0.05, 0) is 57.9 Å². The number of halogens is 1. The molecule has 0 fully saturated rings. The van der Waals surface area contributed by atoms with Crippen LogP contribution in [-0.4, -0.2) is 56.6 Å². The molecule has 2 amide bonds. The number of carbonyl (C=O) groups is 2. The lowest BCUT2D eigenvalue weighted by Gasteiger charge is -2.34. The number of ether oxygens (including phenoxy) is 1. The molecule has 8 nitrogen and oxygen atoms in total. The second-order valence-electron chi connectivity index (χ2n) is 9.76. The van der Waals surface area contributed by atoms with Crippen molar-refractivity contribution in [1.29, 1.82) is 0 Å². The van der Waals surface area contributed by atoms with Crippen molar-refractivity contribution in [2.24, 2.45) is 0 Å². The van der Waals surface area contributed by atoms with Gasteiger partial charge in [-0.2, -0.15) is 0 Å². The molecule has 0 saturated carbocycles. The highest BCUT2D eigenvalue weighted by Crippen LogP contribution is 2.33. The van der Waals surface area contributed by atoms with E-state index in [0.717, 1.165) is 21.7 Å². The van der Waals surface area contributed by atoms with Gasteiger partial charge in [-0.25, -0.2) is 8.42 Å². The van der Waals surface area contributed by atoms with Crippen LogP contribution in [0.4, 0.5) is 5.69 Å². The van der Waals surface area contributed by atoms with Gasteiger partial charge in [0, 0.05) is 17.1 Å². The quantitative estimate of drug-likeness (QED) is 0.491. The Bertz CT molecular complexity index is 1190. The van der Waals surface area contributed by atoms with Gasteiger partial charge in [-0.3, -0.25) is 13.9 Å². The van der Waals surface area contributed by atoms with Crippen LogP contribution in [0, 0.1) is 6.92 Å². The summed E-state index contributed by atoms with van der Waals surface area (Å²) in [4.78, 5) is 28.4. The van der Waals surface area contributed by atoms with E-state index in [1.807, 2.05) is 58.9 Å². The number of hydrogen-bond acceptors (Lipinski definition) is 5. The average molecular weight is 538 g/mol. The van der Waals surface area contributed by atoms with E-state index in [9.17, 15) is 18.0 Å². The van der Waals surface area contributed by atoms with E-state index in [1.165, 1.54) is 24.1 Å². The smallest absolute Gasteiger partial charge is 0.244 e. The number of rotatable bonds is 10. The maximum absolute atomic E-state index is 13.8. The number of nitrogens with zero attached hydrogens (tertiary/aromatic N) is 2. The van der Waals surface area contributed by atoms with Gasteiger partial charge in [-0.1, -0.05) is 48.4 Å². The topological polar surface area (TPSA) is 96.0 Å². The van der Waals surface area contributed by atoms with Crippen LogP contribution in [0.25, 0.3) is 0 Å². The van der Waals surface area contributed by atoms with E-state index in [2.05, 4.69) is 5.32 Å². The second-order valence-corrected chi connectivity index (χ2v) is 12.1. The largest absolute Gasteiger partial charge is 0.495 e. The van der Waals surface area contributed by atoms with Crippen LogP contribution in [0.2, 0.25) is 5.02 Å². The van der Waals surface area contributed by atoms with Gasteiger partial charge >= 0.3 is 0 Å². The first-order chi connectivity index (χ1) is 16.7. The number of aryl methyl sites for hydroxylation is 1. The van der Waals surface area contributed by atoms with Gasteiger partial charge in [0.25, 0.3) is 0 Å². The zero-order chi connectivity index (χ0) is 27.3. The number of benzene rings is 2. The second kappa shape index (κ2) is 12.0. The molecular formula is C26H36ClN3O5S. The third-order valence-corrected chi connectivity index (χ3v) is 6.77. The van der Waals surface area contributed by atoms with Crippen LogP contribution >= 0.6 is 11.6 Å². The van der Waals surface area contributed by atoms with E-state index in [0.29, 0.717) is 11.4 Å². The van der Waals surface area contributed by atoms with E-state index in [1.54, 1.807) is 6.07 Å². The van der Waals surface area contributed by atoms with Gasteiger partial charge in [0.1, 0.15) is 18.3 Å². The third-order valence-electron chi connectivity index (χ3n) is 5.41. The summed E-state index contributed by atoms with van der Waals surface area (Å²) in [6.07, 6.45) is 1.36. The predicted molar refractivity (Wildman–Crippen MR) is 144 cm³/mol. The molecule has 0 bridgehead atoms. The molecule has 10 heteroatoms. The molecule has 0 aliphatic rings. The van der Waals surface area contributed by atoms with Crippen molar-refractivity contribution < 1.29 is 22.7 Å². The SMILES string of the molecule is CC[C@@H](C(=O)NC(C)(C)C)N(Cc1cccc(C)c1)C(=O)CN(c1cc(Cl)ccc1OC)S(C)(=O)=O. The fourth-order valence-electron chi connectivity index (χ4n) is 3.83. The zero-order valence-corrected chi connectivity index (χ0v) is 23.5. The number of carbonyl (C=O) groups excluding carboxylic acids is 2. The van der Waals surface area contributed by atoms with Crippen molar-refractivity contribution in [3.05, 3.63) is 58.6 Å². The molecule has 0 aromatic heterocycles. The lowest BCUT2D eigenvalue weighted by atomic mass is 10.0. The summed E-state index contributed by atoms with van der Waals surface area (Å²) >= 11 is 6.14. The normalized spacial score (nSPS) is 12.6. The molecule has 198 valence electrons. The summed E-state index contributed by atoms with van der Waals surface area (Å²) in [5.41, 5.74) is 1.48. The summed E-state index contributed by atoms with van der Waals surface area (Å²) in [5, 5.41) is 3.23. The van der Waals surface area contributed by atoms with Crippen LogP contribution < -0.4 is 14.4 Å². The fourth-order valence-corrected chi connectivity index (χ4v) is 4.84.